The van der Waals surface area contributed by atoms with Crippen molar-refractivity contribution in [3.05, 3.63) is 59.7 Å². The molecule has 0 aliphatic heterocycles. The van der Waals surface area contributed by atoms with Crippen molar-refractivity contribution in [2.75, 3.05) is 14.2 Å². The van der Waals surface area contributed by atoms with E-state index in [1.165, 1.54) is 0 Å². The molecule has 4 heteroatoms. The summed E-state index contributed by atoms with van der Waals surface area (Å²) in [5, 5.41) is 20.4. The molecule has 2 atom stereocenters. The molecule has 0 aliphatic rings. The summed E-state index contributed by atoms with van der Waals surface area (Å²) in [6, 6.07) is 13.9. The smallest absolute Gasteiger partial charge is 0.118 e. The summed E-state index contributed by atoms with van der Waals surface area (Å²) < 4.78 is 10.1. The van der Waals surface area contributed by atoms with E-state index in [0.717, 1.165) is 0 Å². The first-order valence-corrected chi connectivity index (χ1v) is 6.29. The van der Waals surface area contributed by atoms with E-state index in [1.54, 1.807) is 62.8 Å². The number of hydrogen-bond donors (Lipinski definition) is 2. The van der Waals surface area contributed by atoms with Crippen LogP contribution in [0.2, 0.25) is 0 Å². The van der Waals surface area contributed by atoms with Crippen molar-refractivity contribution in [1.82, 2.24) is 0 Å². The zero-order chi connectivity index (χ0) is 14.5. The Morgan fingerprint density at radius 1 is 0.650 bits per heavy atom. The molecule has 2 rings (SSSR count). The van der Waals surface area contributed by atoms with Gasteiger partial charge in [0.25, 0.3) is 0 Å². The van der Waals surface area contributed by atoms with Crippen LogP contribution in [0, 0.1) is 0 Å². The van der Waals surface area contributed by atoms with Gasteiger partial charge in [0.05, 0.1) is 14.2 Å². The second-order valence-corrected chi connectivity index (χ2v) is 4.44. The highest BCUT2D eigenvalue weighted by Crippen LogP contribution is 2.30. The van der Waals surface area contributed by atoms with E-state index >= 15 is 0 Å². The zero-order valence-electron chi connectivity index (χ0n) is 11.5. The number of benzene rings is 2. The Balaban J connectivity index is 2.15. The number of aliphatic hydroxyl groups is 2. The first kappa shape index (κ1) is 14.4. The minimum absolute atomic E-state index is 0.633. The van der Waals surface area contributed by atoms with Gasteiger partial charge in [-0.1, -0.05) is 24.3 Å². The van der Waals surface area contributed by atoms with E-state index in [0.29, 0.717) is 22.6 Å². The summed E-state index contributed by atoms with van der Waals surface area (Å²) in [7, 11) is 3.16. The largest absolute Gasteiger partial charge is 0.497 e. The SMILES string of the molecule is COc1ccc([C@@H](O)[C@H](O)c2ccc(OC)cc2)cc1. The second kappa shape index (κ2) is 6.41. The number of aliphatic hydroxyl groups excluding tert-OH is 2. The molecule has 0 saturated carbocycles. The maximum absolute atomic E-state index is 10.2. The van der Waals surface area contributed by atoms with Crippen molar-refractivity contribution in [2.24, 2.45) is 0 Å². The maximum Gasteiger partial charge on any atom is 0.118 e. The van der Waals surface area contributed by atoms with Crippen LogP contribution in [0.4, 0.5) is 0 Å². The summed E-state index contributed by atoms with van der Waals surface area (Å²) >= 11 is 0. The molecular formula is C16H18O4. The molecule has 0 saturated heterocycles. The second-order valence-electron chi connectivity index (χ2n) is 4.44. The predicted octanol–water partition coefficient (Wildman–Crippen LogP) is 2.47. The fourth-order valence-corrected chi connectivity index (χ4v) is 1.97. The molecular weight excluding hydrogens is 256 g/mol. The van der Waals surface area contributed by atoms with Crippen LogP contribution < -0.4 is 9.47 Å². The minimum atomic E-state index is -0.991. The lowest BCUT2D eigenvalue weighted by molar-refractivity contribution is 0.0172. The van der Waals surface area contributed by atoms with Crippen LogP contribution in [0.1, 0.15) is 23.3 Å². The molecule has 0 amide bonds. The highest BCUT2D eigenvalue weighted by atomic mass is 16.5. The average molecular weight is 274 g/mol. The fourth-order valence-electron chi connectivity index (χ4n) is 1.97. The van der Waals surface area contributed by atoms with Crippen LogP contribution in [0.5, 0.6) is 11.5 Å². The van der Waals surface area contributed by atoms with Gasteiger partial charge >= 0.3 is 0 Å². The van der Waals surface area contributed by atoms with Gasteiger partial charge in [0.2, 0.25) is 0 Å². The van der Waals surface area contributed by atoms with Crippen LogP contribution in [0.25, 0.3) is 0 Å². The van der Waals surface area contributed by atoms with Gasteiger partial charge in [0.1, 0.15) is 23.7 Å². The third kappa shape index (κ3) is 3.10. The van der Waals surface area contributed by atoms with Crippen LogP contribution in [-0.4, -0.2) is 24.4 Å². The Hall–Kier alpha value is -2.04. The molecule has 2 aromatic rings. The van der Waals surface area contributed by atoms with E-state index in [2.05, 4.69) is 0 Å². The Kier molecular flexibility index (Phi) is 4.61. The number of hydrogen-bond acceptors (Lipinski definition) is 4. The van der Waals surface area contributed by atoms with Crippen molar-refractivity contribution >= 4 is 0 Å². The highest BCUT2D eigenvalue weighted by molar-refractivity contribution is 5.32. The van der Waals surface area contributed by atoms with Crippen LogP contribution in [0.3, 0.4) is 0 Å². The molecule has 2 aromatic carbocycles. The van der Waals surface area contributed by atoms with Gasteiger partial charge in [0, 0.05) is 0 Å². The number of ether oxygens (including phenoxy) is 2. The number of rotatable bonds is 5. The van der Waals surface area contributed by atoms with E-state index in [9.17, 15) is 10.2 Å². The molecule has 0 spiro atoms. The Bertz CT molecular complexity index is 482. The normalized spacial score (nSPS) is 13.6. The van der Waals surface area contributed by atoms with Crippen molar-refractivity contribution in [3.63, 3.8) is 0 Å². The van der Waals surface area contributed by atoms with Gasteiger partial charge in [-0.2, -0.15) is 0 Å². The van der Waals surface area contributed by atoms with Crippen molar-refractivity contribution < 1.29 is 19.7 Å². The summed E-state index contributed by atoms with van der Waals surface area (Å²) in [4.78, 5) is 0. The molecule has 20 heavy (non-hydrogen) atoms. The van der Waals surface area contributed by atoms with Crippen molar-refractivity contribution in [3.8, 4) is 11.5 Å². The summed E-state index contributed by atoms with van der Waals surface area (Å²) in [5.74, 6) is 1.42. The summed E-state index contributed by atoms with van der Waals surface area (Å²) in [6.07, 6.45) is -1.98. The molecule has 4 nitrogen and oxygen atoms in total. The van der Waals surface area contributed by atoms with Gasteiger partial charge in [-0.25, -0.2) is 0 Å². The first-order valence-electron chi connectivity index (χ1n) is 6.29. The lowest BCUT2D eigenvalue weighted by atomic mass is 9.98. The van der Waals surface area contributed by atoms with Crippen molar-refractivity contribution in [1.29, 1.82) is 0 Å². The first-order chi connectivity index (χ1) is 9.65. The molecule has 0 aliphatic carbocycles. The molecule has 0 fully saturated rings. The highest BCUT2D eigenvalue weighted by Gasteiger charge is 2.20. The van der Waals surface area contributed by atoms with Crippen LogP contribution in [-0.2, 0) is 0 Å². The van der Waals surface area contributed by atoms with E-state index < -0.39 is 12.2 Å². The lowest BCUT2D eigenvalue weighted by Gasteiger charge is -2.19. The molecule has 106 valence electrons. The molecule has 2 N–H and O–H groups in total. The van der Waals surface area contributed by atoms with Gasteiger partial charge in [-0.05, 0) is 35.4 Å². The topological polar surface area (TPSA) is 58.9 Å². The van der Waals surface area contributed by atoms with Gasteiger partial charge in [-0.3, -0.25) is 0 Å². The third-order valence-electron chi connectivity index (χ3n) is 3.21. The zero-order valence-corrected chi connectivity index (χ0v) is 11.5. The quantitative estimate of drug-likeness (QED) is 0.879. The average Bonchev–Trinajstić information content (AvgIpc) is 2.53. The van der Waals surface area contributed by atoms with Gasteiger partial charge in [0.15, 0.2) is 0 Å². The minimum Gasteiger partial charge on any atom is -0.497 e. The Labute approximate surface area is 118 Å². The van der Waals surface area contributed by atoms with E-state index in [-0.39, 0.29) is 0 Å². The fraction of sp³-hybridized carbons (Fsp3) is 0.250. The Morgan fingerprint density at radius 3 is 1.20 bits per heavy atom. The standard InChI is InChI=1S/C16H18O4/c1-19-13-7-3-11(4-8-13)15(17)16(18)12-5-9-14(20-2)10-6-12/h3-10,15-18H,1-2H3/t15-,16-/m1/s1. The van der Waals surface area contributed by atoms with Gasteiger partial charge in [-0.15, -0.1) is 0 Å². The molecule has 0 radical (unpaired) electrons. The van der Waals surface area contributed by atoms with E-state index in [1.807, 2.05) is 0 Å². The molecule has 0 aromatic heterocycles. The summed E-state index contributed by atoms with van der Waals surface area (Å²) in [6.45, 7) is 0. The third-order valence-corrected chi connectivity index (χ3v) is 3.21. The predicted molar refractivity (Wildman–Crippen MR) is 75.9 cm³/mol. The molecule has 0 heterocycles. The number of methoxy groups -OCH3 is 2. The Morgan fingerprint density at radius 2 is 0.950 bits per heavy atom. The summed E-state index contributed by atoms with van der Waals surface area (Å²) in [5.41, 5.74) is 1.27. The van der Waals surface area contributed by atoms with Crippen LogP contribution in [0.15, 0.2) is 48.5 Å². The van der Waals surface area contributed by atoms with Crippen molar-refractivity contribution in [2.45, 2.75) is 12.2 Å². The lowest BCUT2D eigenvalue weighted by Crippen LogP contribution is -2.10. The maximum atomic E-state index is 10.2. The van der Waals surface area contributed by atoms with E-state index in [4.69, 9.17) is 9.47 Å². The molecule has 0 bridgehead atoms. The van der Waals surface area contributed by atoms with Gasteiger partial charge < -0.3 is 19.7 Å². The van der Waals surface area contributed by atoms with Crippen LogP contribution >= 0.6 is 0 Å². The monoisotopic (exact) mass is 274 g/mol. The molecule has 0 unspecified atom stereocenters.